The van der Waals surface area contributed by atoms with E-state index in [1.54, 1.807) is 29.7 Å². The molecule has 1 aliphatic heterocycles. The van der Waals surface area contributed by atoms with Gasteiger partial charge in [-0.25, -0.2) is 0 Å². The lowest BCUT2D eigenvalue weighted by atomic mass is 10.0. The standard InChI is InChI=1S/C18H14BrN3OS2/c19-11-9-15(25-10-11)17-16(12-5-3-4-8-20-12)21-18(24)22(17)13-6-1-2-7-14(13)23/h1-10,16-17,23H,(H,21,24)/t16-,17-/m1/s1. The first-order valence-electron chi connectivity index (χ1n) is 7.68. The Labute approximate surface area is 163 Å². The number of phenols is 1. The molecule has 0 bridgehead atoms. The van der Waals surface area contributed by atoms with E-state index in [1.165, 1.54) is 0 Å². The third-order valence-corrected chi connectivity index (χ3v) is 6.20. The van der Waals surface area contributed by atoms with Gasteiger partial charge in [0, 0.05) is 20.9 Å². The fourth-order valence-corrected chi connectivity index (χ4v) is 4.96. The van der Waals surface area contributed by atoms with E-state index < -0.39 is 0 Å². The maximum absolute atomic E-state index is 10.4. The summed E-state index contributed by atoms with van der Waals surface area (Å²) in [5.41, 5.74) is 1.60. The molecule has 0 amide bonds. The highest BCUT2D eigenvalue weighted by Crippen LogP contribution is 2.45. The number of anilines is 1. The fourth-order valence-electron chi connectivity index (χ4n) is 3.05. The Hall–Kier alpha value is -1.96. The fraction of sp³-hybridized carbons (Fsp3) is 0.111. The number of aromatic nitrogens is 1. The normalized spacial score (nSPS) is 19.9. The van der Waals surface area contributed by atoms with Gasteiger partial charge in [0.15, 0.2) is 5.11 Å². The SMILES string of the molecule is Oc1ccccc1N1C(=S)N[C@H](c2ccccn2)[C@H]1c1cc(Br)cs1. The minimum absolute atomic E-state index is 0.0907. The van der Waals surface area contributed by atoms with Crippen molar-refractivity contribution in [3.8, 4) is 5.75 Å². The number of halogens is 1. The van der Waals surface area contributed by atoms with Gasteiger partial charge < -0.3 is 15.3 Å². The molecular formula is C18H14BrN3OS2. The Kier molecular flexibility index (Phi) is 4.45. The lowest BCUT2D eigenvalue weighted by Gasteiger charge is -2.27. The van der Waals surface area contributed by atoms with E-state index in [4.69, 9.17) is 12.2 Å². The van der Waals surface area contributed by atoms with Gasteiger partial charge in [-0.3, -0.25) is 4.98 Å². The average molecular weight is 432 g/mol. The maximum Gasteiger partial charge on any atom is 0.174 e. The Morgan fingerprint density at radius 3 is 2.68 bits per heavy atom. The number of pyridine rings is 1. The first-order chi connectivity index (χ1) is 12.1. The second-order valence-corrected chi connectivity index (χ2v) is 7.90. The van der Waals surface area contributed by atoms with Gasteiger partial charge in [-0.05, 0) is 58.5 Å². The van der Waals surface area contributed by atoms with E-state index in [2.05, 4.69) is 37.7 Å². The van der Waals surface area contributed by atoms with Crippen molar-refractivity contribution in [1.82, 2.24) is 10.3 Å². The molecule has 0 saturated carbocycles. The molecule has 2 N–H and O–H groups in total. The van der Waals surface area contributed by atoms with E-state index in [-0.39, 0.29) is 17.8 Å². The van der Waals surface area contributed by atoms with Crippen LogP contribution in [0.1, 0.15) is 22.7 Å². The molecule has 126 valence electrons. The quantitative estimate of drug-likeness (QED) is 0.583. The van der Waals surface area contributed by atoms with Crippen LogP contribution in [-0.2, 0) is 0 Å². The topological polar surface area (TPSA) is 48.4 Å². The van der Waals surface area contributed by atoms with Gasteiger partial charge in [0.05, 0.1) is 23.5 Å². The molecular weight excluding hydrogens is 418 g/mol. The van der Waals surface area contributed by atoms with E-state index in [0.29, 0.717) is 10.8 Å². The van der Waals surface area contributed by atoms with Crippen LogP contribution in [0.2, 0.25) is 0 Å². The van der Waals surface area contributed by atoms with Gasteiger partial charge in [0.2, 0.25) is 0 Å². The number of hydrogen-bond acceptors (Lipinski definition) is 4. The van der Waals surface area contributed by atoms with Crippen molar-refractivity contribution in [2.45, 2.75) is 12.1 Å². The minimum Gasteiger partial charge on any atom is -0.506 e. The molecule has 0 radical (unpaired) electrons. The number of hydrogen-bond donors (Lipinski definition) is 2. The number of phenolic OH excluding ortho intramolecular Hbond substituents is 1. The predicted molar refractivity (Wildman–Crippen MR) is 108 cm³/mol. The smallest absolute Gasteiger partial charge is 0.174 e. The zero-order valence-electron chi connectivity index (χ0n) is 13.0. The van der Waals surface area contributed by atoms with Crippen molar-refractivity contribution < 1.29 is 5.11 Å². The van der Waals surface area contributed by atoms with Gasteiger partial charge in [-0.1, -0.05) is 18.2 Å². The Morgan fingerprint density at radius 2 is 2.00 bits per heavy atom. The number of thiophene rings is 1. The third kappa shape index (κ3) is 3.03. The summed E-state index contributed by atoms with van der Waals surface area (Å²) >= 11 is 10.8. The Bertz CT molecular complexity index is 915. The van der Waals surface area contributed by atoms with E-state index in [0.717, 1.165) is 15.0 Å². The lowest BCUT2D eigenvalue weighted by Crippen LogP contribution is -2.29. The van der Waals surface area contributed by atoms with Crippen LogP contribution in [0, 0.1) is 0 Å². The van der Waals surface area contributed by atoms with Crippen LogP contribution in [0.4, 0.5) is 5.69 Å². The van der Waals surface area contributed by atoms with E-state index >= 15 is 0 Å². The van der Waals surface area contributed by atoms with Crippen LogP contribution < -0.4 is 10.2 Å². The molecule has 25 heavy (non-hydrogen) atoms. The molecule has 2 aromatic heterocycles. The van der Waals surface area contributed by atoms with Gasteiger partial charge >= 0.3 is 0 Å². The maximum atomic E-state index is 10.4. The average Bonchev–Trinajstić information content (AvgIpc) is 3.19. The summed E-state index contributed by atoms with van der Waals surface area (Å²) in [6.07, 6.45) is 1.78. The highest BCUT2D eigenvalue weighted by atomic mass is 79.9. The molecule has 4 rings (SSSR count). The number of thiocarbonyl (C=S) groups is 1. The van der Waals surface area contributed by atoms with Crippen LogP contribution in [0.3, 0.4) is 0 Å². The van der Waals surface area contributed by atoms with Gasteiger partial charge in [0.25, 0.3) is 0 Å². The zero-order valence-corrected chi connectivity index (χ0v) is 16.2. The molecule has 0 aliphatic carbocycles. The summed E-state index contributed by atoms with van der Waals surface area (Å²) in [7, 11) is 0. The van der Waals surface area contributed by atoms with Crippen LogP contribution in [0.5, 0.6) is 5.75 Å². The molecule has 2 atom stereocenters. The molecule has 0 unspecified atom stereocenters. The summed E-state index contributed by atoms with van der Waals surface area (Å²) in [5.74, 6) is 0.203. The van der Waals surface area contributed by atoms with Gasteiger partial charge in [0.1, 0.15) is 5.75 Å². The van der Waals surface area contributed by atoms with Gasteiger partial charge in [-0.15, -0.1) is 11.3 Å². The number of nitrogens with zero attached hydrogens (tertiary/aromatic N) is 2. The molecule has 1 saturated heterocycles. The summed E-state index contributed by atoms with van der Waals surface area (Å²) in [4.78, 5) is 7.62. The highest BCUT2D eigenvalue weighted by molar-refractivity contribution is 9.10. The van der Waals surface area contributed by atoms with Crippen LogP contribution in [0.25, 0.3) is 0 Å². The molecule has 0 spiro atoms. The highest BCUT2D eigenvalue weighted by Gasteiger charge is 2.42. The molecule has 7 heteroatoms. The number of rotatable bonds is 3. The van der Waals surface area contributed by atoms with Crippen molar-refractivity contribution in [2.75, 3.05) is 4.90 Å². The minimum atomic E-state index is -0.0983. The number of benzene rings is 1. The van der Waals surface area contributed by atoms with Crippen LogP contribution in [-0.4, -0.2) is 15.2 Å². The number of para-hydroxylation sites is 2. The zero-order chi connectivity index (χ0) is 17.4. The third-order valence-electron chi connectivity index (χ3n) is 4.12. The first-order valence-corrected chi connectivity index (χ1v) is 9.76. The molecule has 1 fully saturated rings. The van der Waals surface area contributed by atoms with Crippen molar-refractivity contribution in [3.63, 3.8) is 0 Å². The summed E-state index contributed by atoms with van der Waals surface area (Å²) in [6, 6.07) is 15.0. The largest absolute Gasteiger partial charge is 0.506 e. The van der Waals surface area contributed by atoms with Crippen molar-refractivity contribution in [1.29, 1.82) is 0 Å². The number of aromatic hydroxyl groups is 1. The monoisotopic (exact) mass is 431 g/mol. The van der Waals surface area contributed by atoms with E-state index in [1.807, 2.05) is 35.2 Å². The Morgan fingerprint density at radius 1 is 1.20 bits per heavy atom. The summed E-state index contributed by atoms with van der Waals surface area (Å²) < 4.78 is 1.03. The molecule has 4 nitrogen and oxygen atoms in total. The molecule has 3 heterocycles. The molecule has 3 aromatic rings. The Balaban J connectivity index is 1.85. The van der Waals surface area contributed by atoms with Crippen LogP contribution >= 0.6 is 39.5 Å². The van der Waals surface area contributed by atoms with Crippen molar-refractivity contribution in [3.05, 3.63) is 75.2 Å². The predicted octanol–water partition coefficient (Wildman–Crippen LogP) is 4.79. The first kappa shape index (κ1) is 16.5. The molecule has 1 aromatic carbocycles. The van der Waals surface area contributed by atoms with E-state index in [9.17, 15) is 5.11 Å². The lowest BCUT2D eigenvalue weighted by molar-refractivity contribution is 0.473. The summed E-state index contributed by atoms with van der Waals surface area (Å²) in [5, 5.41) is 16.4. The van der Waals surface area contributed by atoms with Crippen LogP contribution in [0.15, 0.2) is 64.6 Å². The van der Waals surface area contributed by atoms with Crippen molar-refractivity contribution in [2.24, 2.45) is 0 Å². The van der Waals surface area contributed by atoms with Crippen molar-refractivity contribution >= 4 is 50.3 Å². The van der Waals surface area contributed by atoms with Gasteiger partial charge in [-0.2, -0.15) is 0 Å². The summed E-state index contributed by atoms with van der Waals surface area (Å²) in [6.45, 7) is 0. The second-order valence-electron chi connectivity index (χ2n) is 5.65. The second kappa shape index (κ2) is 6.74. The number of nitrogens with one attached hydrogen (secondary N) is 1. The molecule has 1 aliphatic rings.